The normalized spacial score (nSPS) is 10.9. The minimum atomic E-state index is 0.830. The van der Waals surface area contributed by atoms with E-state index in [4.69, 9.17) is 4.42 Å². The standard InChI is InChI=1S/C12H16N2OS/c1-9-5-6-11(16-9)10-8-14-12(15-10)4-3-7-13-2/h5-6,8,13H,3-4,7H2,1-2H3. The van der Waals surface area contributed by atoms with Crippen molar-refractivity contribution >= 4 is 11.3 Å². The van der Waals surface area contributed by atoms with Gasteiger partial charge < -0.3 is 9.73 Å². The first-order valence-electron chi connectivity index (χ1n) is 5.45. The molecule has 0 aliphatic rings. The fraction of sp³-hybridized carbons (Fsp3) is 0.417. The van der Waals surface area contributed by atoms with Gasteiger partial charge in [-0.1, -0.05) is 0 Å². The molecular weight excluding hydrogens is 220 g/mol. The number of oxazole rings is 1. The third kappa shape index (κ3) is 2.71. The van der Waals surface area contributed by atoms with E-state index in [-0.39, 0.29) is 0 Å². The maximum absolute atomic E-state index is 5.70. The summed E-state index contributed by atoms with van der Waals surface area (Å²) in [6.07, 6.45) is 3.77. The van der Waals surface area contributed by atoms with Gasteiger partial charge in [-0.15, -0.1) is 11.3 Å². The van der Waals surface area contributed by atoms with Gasteiger partial charge in [0.25, 0.3) is 0 Å². The Balaban J connectivity index is 2.02. The molecule has 16 heavy (non-hydrogen) atoms. The molecule has 2 rings (SSSR count). The largest absolute Gasteiger partial charge is 0.440 e. The van der Waals surface area contributed by atoms with Gasteiger partial charge in [0, 0.05) is 11.3 Å². The Bertz CT molecular complexity index is 447. The van der Waals surface area contributed by atoms with E-state index >= 15 is 0 Å². The summed E-state index contributed by atoms with van der Waals surface area (Å²) in [6.45, 7) is 3.09. The molecule has 0 aliphatic heterocycles. The van der Waals surface area contributed by atoms with E-state index in [1.54, 1.807) is 11.3 Å². The van der Waals surface area contributed by atoms with Crippen molar-refractivity contribution in [1.82, 2.24) is 10.3 Å². The monoisotopic (exact) mass is 236 g/mol. The zero-order chi connectivity index (χ0) is 11.4. The van der Waals surface area contributed by atoms with Crippen LogP contribution in [0.4, 0.5) is 0 Å². The van der Waals surface area contributed by atoms with Gasteiger partial charge in [-0.05, 0) is 39.1 Å². The van der Waals surface area contributed by atoms with Crippen LogP contribution in [0.3, 0.4) is 0 Å². The lowest BCUT2D eigenvalue weighted by molar-refractivity contribution is 0.496. The van der Waals surface area contributed by atoms with Gasteiger partial charge >= 0.3 is 0 Å². The predicted octanol–water partition coefficient (Wildman–Crippen LogP) is 2.86. The Kier molecular flexibility index (Phi) is 3.74. The first-order valence-corrected chi connectivity index (χ1v) is 6.27. The highest BCUT2D eigenvalue weighted by molar-refractivity contribution is 7.15. The topological polar surface area (TPSA) is 38.1 Å². The van der Waals surface area contributed by atoms with Gasteiger partial charge in [0.2, 0.25) is 0 Å². The highest BCUT2D eigenvalue weighted by Gasteiger charge is 2.07. The molecular formula is C12H16N2OS. The highest BCUT2D eigenvalue weighted by Crippen LogP contribution is 2.28. The zero-order valence-corrected chi connectivity index (χ0v) is 10.4. The summed E-state index contributed by atoms with van der Waals surface area (Å²) in [5.74, 6) is 1.72. The predicted molar refractivity (Wildman–Crippen MR) is 66.8 cm³/mol. The lowest BCUT2D eigenvalue weighted by Crippen LogP contribution is -2.08. The van der Waals surface area contributed by atoms with Crippen LogP contribution in [0.5, 0.6) is 0 Å². The average Bonchev–Trinajstić information content (AvgIpc) is 2.87. The smallest absolute Gasteiger partial charge is 0.194 e. The van der Waals surface area contributed by atoms with Crippen LogP contribution in [0, 0.1) is 6.92 Å². The Hall–Kier alpha value is -1.13. The maximum Gasteiger partial charge on any atom is 0.194 e. The number of hydrogen-bond acceptors (Lipinski definition) is 4. The third-order valence-electron chi connectivity index (χ3n) is 2.35. The maximum atomic E-state index is 5.70. The lowest BCUT2D eigenvalue weighted by atomic mass is 10.3. The summed E-state index contributed by atoms with van der Waals surface area (Å²) in [5.41, 5.74) is 0. The molecule has 0 fully saturated rings. The summed E-state index contributed by atoms with van der Waals surface area (Å²) < 4.78 is 5.70. The number of aryl methyl sites for hydroxylation is 2. The van der Waals surface area contributed by atoms with Crippen molar-refractivity contribution < 1.29 is 4.42 Å². The number of nitrogens with one attached hydrogen (secondary N) is 1. The molecule has 2 aromatic rings. The van der Waals surface area contributed by atoms with Crippen molar-refractivity contribution in [2.24, 2.45) is 0 Å². The van der Waals surface area contributed by atoms with E-state index in [2.05, 4.69) is 29.4 Å². The molecule has 0 saturated heterocycles. The quantitative estimate of drug-likeness (QED) is 0.811. The molecule has 0 unspecified atom stereocenters. The summed E-state index contributed by atoms with van der Waals surface area (Å²) in [4.78, 5) is 6.74. The summed E-state index contributed by atoms with van der Waals surface area (Å²) in [7, 11) is 1.95. The molecule has 0 saturated carbocycles. The van der Waals surface area contributed by atoms with Gasteiger partial charge in [-0.3, -0.25) is 0 Å². The molecule has 0 bridgehead atoms. The number of aromatic nitrogens is 1. The van der Waals surface area contributed by atoms with E-state index in [0.29, 0.717) is 0 Å². The van der Waals surface area contributed by atoms with Gasteiger partial charge in [-0.25, -0.2) is 4.98 Å². The fourth-order valence-corrected chi connectivity index (χ4v) is 2.34. The Labute approximate surface area is 99.5 Å². The van der Waals surface area contributed by atoms with Gasteiger partial charge in [0.15, 0.2) is 11.7 Å². The first kappa shape index (κ1) is 11.4. The van der Waals surface area contributed by atoms with E-state index in [1.165, 1.54) is 4.88 Å². The molecule has 4 heteroatoms. The minimum Gasteiger partial charge on any atom is -0.440 e. The van der Waals surface area contributed by atoms with E-state index in [9.17, 15) is 0 Å². The number of thiophene rings is 1. The van der Waals surface area contributed by atoms with Crippen LogP contribution in [-0.2, 0) is 6.42 Å². The van der Waals surface area contributed by atoms with E-state index in [1.807, 2.05) is 13.2 Å². The molecule has 0 amide bonds. The molecule has 3 nitrogen and oxygen atoms in total. The highest BCUT2D eigenvalue weighted by atomic mass is 32.1. The van der Waals surface area contributed by atoms with Crippen LogP contribution in [0.1, 0.15) is 17.2 Å². The zero-order valence-electron chi connectivity index (χ0n) is 9.62. The second-order valence-corrected chi connectivity index (χ2v) is 5.02. The van der Waals surface area contributed by atoms with Crippen molar-refractivity contribution in [3.8, 4) is 10.6 Å². The molecule has 2 heterocycles. The number of nitrogens with zero attached hydrogens (tertiary/aromatic N) is 1. The fourth-order valence-electron chi connectivity index (χ4n) is 1.52. The SMILES string of the molecule is CNCCCc1ncc(-c2ccc(C)s2)o1. The van der Waals surface area contributed by atoms with Crippen LogP contribution < -0.4 is 5.32 Å². The summed E-state index contributed by atoms with van der Waals surface area (Å²) >= 11 is 1.74. The molecule has 86 valence electrons. The van der Waals surface area contributed by atoms with Crippen molar-refractivity contribution in [3.63, 3.8) is 0 Å². The minimum absolute atomic E-state index is 0.830. The van der Waals surface area contributed by atoms with Crippen LogP contribution in [0.25, 0.3) is 10.6 Å². The lowest BCUT2D eigenvalue weighted by Gasteiger charge is -1.95. The number of rotatable bonds is 5. The molecule has 0 aromatic carbocycles. The van der Waals surface area contributed by atoms with Crippen molar-refractivity contribution in [2.75, 3.05) is 13.6 Å². The van der Waals surface area contributed by atoms with Crippen LogP contribution >= 0.6 is 11.3 Å². The molecule has 1 N–H and O–H groups in total. The van der Waals surface area contributed by atoms with E-state index in [0.717, 1.165) is 35.9 Å². The molecule has 0 spiro atoms. The summed E-state index contributed by atoms with van der Waals surface area (Å²) in [5, 5.41) is 3.11. The Morgan fingerprint density at radius 3 is 3.00 bits per heavy atom. The molecule has 0 aliphatic carbocycles. The summed E-state index contributed by atoms with van der Waals surface area (Å²) in [6, 6.07) is 4.18. The van der Waals surface area contributed by atoms with Gasteiger partial charge in [0.05, 0.1) is 11.1 Å². The van der Waals surface area contributed by atoms with Gasteiger partial charge in [-0.2, -0.15) is 0 Å². The van der Waals surface area contributed by atoms with Crippen LogP contribution in [0.15, 0.2) is 22.7 Å². The third-order valence-corrected chi connectivity index (χ3v) is 3.37. The van der Waals surface area contributed by atoms with Crippen molar-refractivity contribution in [1.29, 1.82) is 0 Å². The molecule has 2 aromatic heterocycles. The average molecular weight is 236 g/mol. The van der Waals surface area contributed by atoms with E-state index < -0.39 is 0 Å². The van der Waals surface area contributed by atoms with Crippen molar-refractivity contribution in [2.45, 2.75) is 19.8 Å². The van der Waals surface area contributed by atoms with Crippen LogP contribution in [0.2, 0.25) is 0 Å². The molecule has 0 radical (unpaired) electrons. The second kappa shape index (κ2) is 5.27. The Morgan fingerprint density at radius 2 is 2.31 bits per heavy atom. The molecule has 0 atom stereocenters. The second-order valence-electron chi connectivity index (χ2n) is 3.74. The van der Waals surface area contributed by atoms with Crippen LogP contribution in [-0.4, -0.2) is 18.6 Å². The van der Waals surface area contributed by atoms with Gasteiger partial charge in [0.1, 0.15) is 0 Å². The number of hydrogen-bond donors (Lipinski definition) is 1. The van der Waals surface area contributed by atoms with Crippen molar-refractivity contribution in [3.05, 3.63) is 29.1 Å². The Morgan fingerprint density at radius 1 is 1.44 bits per heavy atom. The first-order chi connectivity index (χ1) is 7.79.